The van der Waals surface area contributed by atoms with Crippen molar-refractivity contribution in [3.63, 3.8) is 0 Å². The number of nitrogens with zero attached hydrogens (tertiary/aromatic N) is 2. The third-order valence-corrected chi connectivity index (χ3v) is 2.32. The topological polar surface area (TPSA) is 27.1 Å². The maximum Gasteiger partial charge on any atom is 0.0718 e. The van der Waals surface area contributed by atoms with E-state index in [4.69, 9.17) is 4.74 Å². The van der Waals surface area contributed by atoms with Crippen LogP contribution in [0.3, 0.4) is 0 Å². The Morgan fingerprint density at radius 1 is 1.35 bits per heavy atom. The lowest BCUT2D eigenvalue weighted by Crippen LogP contribution is -2.05. The van der Waals surface area contributed by atoms with Crippen LogP contribution in [-0.4, -0.2) is 23.0 Å². The van der Waals surface area contributed by atoms with Crippen LogP contribution in [0.5, 0.6) is 0 Å². The van der Waals surface area contributed by atoms with Crippen molar-refractivity contribution < 1.29 is 4.74 Å². The molecule has 0 N–H and O–H groups in total. The Labute approximate surface area is 104 Å². The van der Waals surface area contributed by atoms with Gasteiger partial charge >= 0.3 is 0 Å². The Morgan fingerprint density at radius 3 is 2.65 bits per heavy atom. The average Bonchev–Trinajstić information content (AvgIpc) is 2.64. The van der Waals surface area contributed by atoms with E-state index in [1.807, 2.05) is 17.1 Å². The van der Waals surface area contributed by atoms with Crippen LogP contribution in [0.25, 0.3) is 5.57 Å². The molecule has 1 aromatic heterocycles. The standard InChI is InChI=1S/C14H24N2O/c1-11(2)7-16-8-14(6-15-16)13(5)10-17-9-12(3)4/h6,8,11-12H,5,7,9-10H2,1-4H3. The minimum absolute atomic E-state index is 0.562. The average molecular weight is 236 g/mol. The second kappa shape index (κ2) is 6.60. The van der Waals surface area contributed by atoms with E-state index in [9.17, 15) is 0 Å². The van der Waals surface area contributed by atoms with E-state index in [1.54, 1.807) is 0 Å². The molecule has 0 saturated heterocycles. The van der Waals surface area contributed by atoms with Crippen molar-refractivity contribution in [1.82, 2.24) is 9.78 Å². The third kappa shape index (κ3) is 5.18. The van der Waals surface area contributed by atoms with E-state index >= 15 is 0 Å². The molecule has 0 aliphatic rings. The first-order valence-electron chi connectivity index (χ1n) is 6.27. The molecule has 0 unspecified atom stereocenters. The first kappa shape index (κ1) is 14.0. The SMILES string of the molecule is C=C(COCC(C)C)c1cnn(CC(C)C)c1. The Kier molecular flexibility index (Phi) is 5.42. The summed E-state index contributed by atoms with van der Waals surface area (Å²) in [6.07, 6.45) is 3.91. The predicted octanol–water partition coefficient (Wildman–Crippen LogP) is 3.22. The Morgan fingerprint density at radius 2 is 2.06 bits per heavy atom. The number of ether oxygens (including phenoxy) is 1. The van der Waals surface area contributed by atoms with E-state index < -0.39 is 0 Å². The van der Waals surface area contributed by atoms with Crippen LogP contribution in [0.2, 0.25) is 0 Å². The summed E-state index contributed by atoms with van der Waals surface area (Å²) in [6.45, 7) is 15.0. The van der Waals surface area contributed by atoms with Gasteiger partial charge in [0.2, 0.25) is 0 Å². The van der Waals surface area contributed by atoms with Crippen molar-refractivity contribution in [2.45, 2.75) is 34.2 Å². The Balaban J connectivity index is 2.43. The number of hydrogen-bond acceptors (Lipinski definition) is 2. The summed E-state index contributed by atoms with van der Waals surface area (Å²) in [5.74, 6) is 1.17. The molecule has 0 aromatic carbocycles. The minimum Gasteiger partial charge on any atom is -0.377 e. The highest BCUT2D eigenvalue weighted by atomic mass is 16.5. The van der Waals surface area contributed by atoms with Gasteiger partial charge in [-0.05, 0) is 17.4 Å². The van der Waals surface area contributed by atoms with Gasteiger partial charge in [-0.2, -0.15) is 5.10 Å². The lowest BCUT2D eigenvalue weighted by atomic mass is 10.2. The van der Waals surface area contributed by atoms with Crippen molar-refractivity contribution in [1.29, 1.82) is 0 Å². The van der Waals surface area contributed by atoms with Crippen LogP contribution in [0.15, 0.2) is 19.0 Å². The fourth-order valence-electron chi connectivity index (χ4n) is 1.52. The van der Waals surface area contributed by atoms with Gasteiger partial charge in [-0.3, -0.25) is 4.68 Å². The second-order valence-corrected chi connectivity index (χ2v) is 5.36. The summed E-state index contributed by atoms with van der Waals surface area (Å²) in [6, 6.07) is 0. The zero-order valence-electron chi connectivity index (χ0n) is 11.4. The quantitative estimate of drug-likeness (QED) is 0.727. The minimum atomic E-state index is 0.562. The van der Waals surface area contributed by atoms with E-state index in [1.165, 1.54) is 0 Å². The lowest BCUT2D eigenvalue weighted by Gasteiger charge is -2.07. The van der Waals surface area contributed by atoms with Gasteiger partial charge in [0.25, 0.3) is 0 Å². The molecule has 1 heterocycles. The number of rotatable bonds is 7. The molecule has 0 fully saturated rings. The smallest absolute Gasteiger partial charge is 0.0718 e. The second-order valence-electron chi connectivity index (χ2n) is 5.36. The number of aromatic nitrogens is 2. The van der Waals surface area contributed by atoms with Crippen LogP contribution in [-0.2, 0) is 11.3 Å². The molecule has 1 rings (SSSR count). The summed E-state index contributed by atoms with van der Waals surface area (Å²) >= 11 is 0. The van der Waals surface area contributed by atoms with Gasteiger partial charge < -0.3 is 4.74 Å². The monoisotopic (exact) mass is 236 g/mol. The maximum absolute atomic E-state index is 5.57. The summed E-state index contributed by atoms with van der Waals surface area (Å²) < 4.78 is 7.53. The molecule has 0 atom stereocenters. The highest BCUT2D eigenvalue weighted by molar-refractivity contribution is 5.62. The summed E-state index contributed by atoms with van der Waals surface area (Å²) in [5, 5.41) is 4.32. The molecule has 0 spiro atoms. The van der Waals surface area contributed by atoms with E-state index in [0.29, 0.717) is 18.4 Å². The molecule has 0 aliphatic heterocycles. The van der Waals surface area contributed by atoms with Crippen molar-refractivity contribution in [3.05, 3.63) is 24.5 Å². The van der Waals surface area contributed by atoms with E-state index in [-0.39, 0.29) is 0 Å². The molecule has 0 aliphatic carbocycles. The van der Waals surface area contributed by atoms with Gasteiger partial charge in [0.1, 0.15) is 0 Å². The van der Waals surface area contributed by atoms with Crippen molar-refractivity contribution in [2.75, 3.05) is 13.2 Å². The van der Waals surface area contributed by atoms with E-state index in [2.05, 4.69) is 39.4 Å². The lowest BCUT2D eigenvalue weighted by molar-refractivity contribution is 0.139. The van der Waals surface area contributed by atoms with Gasteiger partial charge in [-0.15, -0.1) is 0 Å². The molecular formula is C14H24N2O. The first-order chi connectivity index (χ1) is 7.99. The van der Waals surface area contributed by atoms with Gasteiger partial charge in [0, 0.05) is 24.9 Å². The van der Waals surface area contributed by atoms with Gasteiger partial charge in [0.15, 0.2) is 0 Å². The zero-order valence-corrected chi connectivity index (χ0v) is 11.4. The maximum atomic E-state index is 5.57. The van der Waals surface area contributed by atoms with Gasteiger partial charge in [0.05, 0.1) is 12.8 Å². The van der Waals surface area contributed by atoms with Crippen molar-refractivity contribution in [2.24, 2.45) is 11.8 Å². The molecule has 17 heavy (non-hydrogen) atoms. The zero-order chi connectivity index (χ0) is 12.8. The predicted molar refractivity (Wildman–Crippen MR) is 71.8 cm³/mol. The first-order valence-corrected chi connectivity index (χ1v) is 6.27. The summed E-state index contributed by atoms with van der Waals surface area (Å²) in [4.78, 5) is 0. The highest BCUT2D eigenvalue weighted by Gasteiger charge is 2.05. The third-order valence-electron chi connectivity index (χ3n) is 2.32. The normalized spacial score (nSPS) is 11.4. The summed E-state index contributed by atoms with van der Waals surface area (Å²) in [5.41, 5.74) is 2.08. The molecule has 3 heteroatoms. The fraction of sp³-hybridized carbons (Fsp3) is 0.643. The van der Waals surface area contributed by atoms with Crippen LogP contribution in [0, 0.1) is 11.8 Å². The molecule has 0 saturated carbocycles. The van der Waals surface area contributed by atoms with Crippen LogP contribution >= 0.6 is 0 Å². The fourth-order valence-corrected chi connectivity index (χ4v) is 1.52. The molecule has 0 radical (unpaired) electrons. The molecule has 3 nitrogen and oxygen atoms in total. The van der Waals surface area contributed by atoms with Crippen molar-refractivity contribution >= 4 is 5.57 Å². The summed E-state index contributed by atoms with van der Waals surface area (Å²) in [7, 11) is 0. The molecule has 96 valence electrons. The highest BCUT2D eigenvalue weighted by Crippen LogP contribution is 2.12. The molecule has 0 amide bonds. The van der Waals surface area contributed by atoms with Crippen LogP contribution < -0.4 is 0 Å². The number of hydrogen-bond donors (Lipinski definition) is 0. The Bertz CT molecular complexity index is 353. The van der Waals surface area contributed by atoms with E-state index in [0.717, 1.165) is 24.3 Å². The van der Waals surface area contributed by atoms with Gasteiger partial charge in [-0.1, -0.05) is 34.3 Å². The molecule has 1 aromatic rings. The van der Waals surface area contributed by atoms with Crippen molar-refractivity contribution in [3.8, 4) is 0 Å². The van der Waals surface area contributed by atoms with Crippen LogP contribution in [0.1, 0.15) is 33.3 Å². The largest absolute Gasteiger partial charge is 0.377 e. The molecule has 0 bridgehead atoms. The molecular weight excluding hydrogens is 212 g/mol. The Hall–Kier alpha value is -1.09. The van der Waals surface area contributed by atoms with Gasteiger partial charge in [-0.25, -0.2) is 0 Å². The van der Waals surface area contributed by atoms with Crippen LogP contribution in [0.4, 0.5) is 0 Å².